The van der Waals surface area contributed by atoms with Crippen LogP contribution in [0.2, 0.25) is 0 Å². The lowest BCUT2D eigenvalue weighted by Crippen LogP contribution is -2.54. The number of amides is 2. The van der Waals surface area contributed by atoms with Crippen LogP contribution in [0.4, 0.5) is 25.2 Å². The zero-order chi connectivity index (χ0) is 24.6. The number of nitrogens with one attached hydrogen (secondary N) is 1. The van der Waals surface area contributed by atoms with E-state index in [1.165, 1.54) is 12.5 Å². The van der Waals surface area contributed by atoms with Crippen molar-refractivity contribution in [3.8, 4) is 11.4 Å². The number of anilines is 2. The van der Waals surface area contributed by atoms with E-state index in [4.69, 9.17) is 4.74 Å². The van der Waals surface area contributed by atoms with Gasteiger partial charge in [0.05, 0.1) is 24.0 Å². The van der Waals surface area contributed by atoms with Gasteiger partial charge in [0, 0.05) is 37.7 Å². The van der Waals surface area contributed by atoms with E-state index in [0.717, 1.165) is 0 Å². The van der Waals surface area contributed by atoms with Crippen LogP contribution in [0.3, 0.4) is 0 Å². The molecule has 34 heavy (non-hydrogen) atoms. The molecular formula is C22H27F2N7O3. The van der Waals surface area contributed by atoms with Crippen LogP contribution in [-0.4, -0.2) is 74.5 Å². The molecule has 2 amide bonds. The lowest BCUT2D eigenvalue weighted by Gasteiger charge is -2.40. The summed E-state index contributed by atoms with van der Waals surface area (Å²) in [5.41, 5.74) is 0.0968. The Kier molecular flexibility index (Phi) is 6.32. The zero-order valence-corrected chi connectivity index (χ0v) is 19.5. The fraction of sp³-hybridized carbons (Fsp3) is 0.545. The molecule has 182 valence electrons. The lowest BCUT2D eigenvalue weighted by atomic mass is 9.90. The first-order chi connectivity index (χ1) is 16.0. The number of alkyl halides is 2. The minimum atomic E-state index is -2.76. The molecule has 2 atom stereocenters. The summed E-state index contributed by atoms with van der Waals surface area (Å²) in [5.74, 6) is -1.24. The van der Waals surface area contributed by atoms with Gasteiger partial charge in [-0.3, -0.25) is 9.78 Å². The van der Waals surface area contributed by atoms with Crippen molar-refractivity contribution in [3.05, 3.63) is 24.3 Å². The van der Waals surface area contributed by atoms with E-state index in [1.807, 2.05) is 32.6 Å². The number of piperazine rings is 1. The predicted octanol–water partition coefficient (Wildman–Crippen LogP) is 3.07. The molecule has 0 spiro atoms. The molecule has 2 aliphatic rings. The van der Waals surface area contributed by atoms with Crippen molar-refractivity contribution in [2.75, 3.05) is 29.9 Å². The van der Waals surface area contributed by atoms with E-state index >= 15 is 0 Å². The van der Waals surface area contributed by atoms with E-state index < -0.39 is 23.9 Å². The molecule has 0 aromatic carbocycles. The standard InChI is InChI=1S/C22H27F2N7O3/c1-12-10-30(21(33)34-22(2,3)4)5-6-31(12)15-9-25-8-14(28-15)18-17-13(19(23)24)7-16(32)29-20(17)27-11-26-18/h8-9,11-13,19H,5-7,10H2,1-4H3,(H,26,27,29,32)/t12-,13-/m1/s1. The summed E-state index contributed by atoms with van der Waals surface area (Å²) in [6.07, 6.45) is 0.759. The molecule has 2 aromatic rings. The van der Waals surface area contributed by atoms with Crippen molar-refractivity contribution in [1.82, 2.24) is 24.8 Å². The molecule has 0 saturated carbocycles. The van der Waals surface area contributed by atoms with E-state index in [0.29, 0.717) is 31.1 Å². The number of carbonyl (C=O) groups excluding carboxylic acids is 2. The summed E-state index contributed by atoms with van der Waals surface area (Å²) in [7, 11) is 0. The Morgan fingerprint density at radius 1 is 1.24 bits per heavy atom. The van der Waals surface area contributed by atoms with Gasteiger partial charge in [-0.15, -0.1) is 0 Å². The maximum atomic E-state index is 13.8. The average Bonchev–Trinajstić information content (AvgIpc) is 2.76. The van der Waals surface area contributed by atoms with Gasteiger partial charge in [0.15, 0.2) is 0 Å². The molecule has 1 N–H and O–H groups in total. The first kappa shape index (κ1) is 23.7. The first-order valence-electron chi connectivity index (χ1n) is 11.0. The number of halogens is 2. The van der Waals surface area contributed by atoms with E-state index in [9.17, 15) is 18.4 Å². The molecule has 2 aromatic heterocycles. The molecule has 0 bridgehead atoms. The molecule has 12 heteroatoms. The SMILES string of the molecule is C[C@@H]1CN(C(=O)OC(C)(C)C)CCN1c1cncc(-c2ncnc3c2[C@H](C(F)F)CC(=O)N3)n1. The van der Waals surface area contributed by atoms with Crippen LogP contribution in [0.15, 0.2) is 18.7 Å². The molecule has 10 nitrogen and oxygen atoms in total. The van der Waals surface area contributed by atoms with E-state index in [2.05, 4.69) is 25.3 Å². The average molecular weight is 476 g/mol. The molecule has 4 heterocycles. The van der Waals surface area contributed by atoms with Gasteiger partial charge in [-0.2, -0.15) is 0 Å². The zero-order valence-electron chi connectivity index (χ0n) is 19.5. The van der Waals surface area contributed by atoms with Gasteiger partial charge >= 0.3 is 6.09 Å². The van der Waals surface area contributed by atoms with Crippen LogP contribution < -0.4 is 10.2 Å². The molecule has 0 unspecified atom stereocenters. The van der Waals surface area contributed by atoms with Gasteiger partial charge in [-0.05, 0) is 27.7 Å². The predicted molar refractivity (Wildman–Crippen MR) is 120 cm³/mol. The minimum Gasteiger partial charge on any atom is -0.444 e. The van der Waals surface area contributed by atoms with Gasteiger partial charge < -0.3 is 19.9 Å². The molecule has 1 saturated heterocycles. The third-order valence-corrected chi connectivity index (χ3v) is 5.66. The Labute approximate surface area is 195 Å². The maximum Gasteiger partial charge on any atom is 0.410 e. The number of hydrogen-bond acceptors (Lipinski definition) is 8. The van der Waals surface area contributed by atoms with Gasteiger partial charge in [0.25, 0.3) is 0 Å². The summed E-state index contributed by atoms with van der Waals surface area (Å²) in [4.78, 5) is 45.0. The largest absolute Gasteiger partial charge is 0.444 e. The highest BCUT2D eigenvalue weighted by atomic mass is 19.3. The Morgan fingerprint density at radius 3 is 2.68 bits per heavy atom. The number of aromatic nitrogens is 4. The van der Waals surface area contributed by atoms with Gasteiger partial charge in [-0.25, -0.2) is 28.5 Å². The second kappa shape index (κ2) is 9.07. The second-order valence-corrected chi connectivity index (χ2v) is 9.41. The number of rotatable bonds is 3. The third-order valence-electron chi connectivity index (χ3n) is 5.66. The Morgan fingerprint density at radius 2 is 2.00 bits per heavy atom. The number of nitrogens with zero attached hydrogens (tertiary/aromatic N) is 6. The third kappa shape index (κ3) is 4.90. The highest BCUT2D eigenvalue weighted by Crippen LogP contribution is 2.40. The van der Waals surface area contributed by atoms with Crippen LogP contribution in [0.1, 0.15) is 45.6 Å². The minimum absolute atomic E-state index is 0.0677. The first-order valence-corrected chi connectivity index (χ1v) is 11.0. The maximum absolute atomic E-state index is 13.8. The smallest absolute Gasteiger partial charge is 0.410 e. The van der Waals surface area contributed by atoms with E-state index in [-0.39, 0.29) is 35.6 Å². The van der Waals surface area contributed by atoms with Gasteiger partial charge in [-0.1, -0.05) is 0 Å². The summed E-state index contributed by atoms with van der Waals surface area (Å²) >= 11 is 0. The Balaban J connectivity index is 1.59. The summed E-state index contributed by atoms with van der Waals surface area (Å²) in [6.45, 7) is 8.79. The lowest BCUT2D eigenvalue weighted by molar-refractivity contribution is -0.117. The second-order valence-electron chi connectivity index (χ2n) is 9.41. The van der Waals surface area contributed by atoms with Crippen molar-refractivity contribution in [1.29, 1.82) is 0 Å². The van der Waals surface area contributed by atoms with Gasteiger partial charge in [0.2, 0.25) is 12.3 Å². The van der Waals surface area contributed by atoms with Crippen molar-refractivity contribution in [2.45, 2.75) is 58.1 Å². The molecule has 4 rings (SSSR count). The molecule has 2 aliphatic heterocycles. The molecule has 0 radical (unpaired) electrons. The van der Waals surface area contributed by atoms with Crippen molar-refractivity contribution >= 4 is 23.6 Å². The van der Waals surface area contributed by atoms with Crippen molar-refractivity contribution in [3.63, 3.8) is 0 Å². The monoisotopic (exact) mass is 475 g/mol. The summed E-state index contributed by atoms with van der Waals surface area (Å²) < 4.78 is 33.0. The highest BCUT2D eigenvalue weighted by molar-refractivity contribution is 5.95. The van der Waals surface area contributed by atoms with Crippen LogP contribution in [0.25, 0.3) is 11.4 Å². The Hall–Kier alpha value is -3.44. The van der Waals surface area contributed by atoms with Crippen molar-refractivity contribution in [2.24, 2.45) is 0 Å². The molecule has 1 fully saturated rings. The Bertz CT molecular complexity index is 1090. The quantitative estimate of drug-likeness (QED) is 0.721. The number of fused-ring (bicyclic) bond motifs is 1. The number of ether oxygens (including phenoxy) is 1. The fourth-order valence-electron chi connectivity index (χ4n) is 4.15. The summed E-state index contributed by atoms with van der Waals surface area (Å²) in [5, 5.41) is 2.54. The van der Waals surface area contributed by atoms with Crippen LogP contribution in [-0.2, 0) is 9.53 Å². The number of carbonyl (C=O) groups is 2. The van der Waals surface area contributed by atoms with E-state index in [1.54, 1.807) is 11.1 Å². The van der Waals surface area contributed by atoms with Crippen LogP contribution in [0, 0.1) is 0 Å². The summed E-state index contributed by atoms with van der Waals surface area (Å²) in [6, 6.07) is -0.0850. The van der Waals surface area contributed by atoms with Crippen LogP contribution >= 0.6 is 0 Å². The highest BCUT2D eigenvalue weighted by Gasteiger charge is 2.36. The topological polar surface area (TPSA) is 113 Å². The molecular weight excluding hydrogens is 448 g/mol. The van der Waals surface area contributed by atoms with Gasteiger partial charge in [0.1, 0.15) is 29.3 Å². The number of hydrogen-bond donors (Lipinski definition) is 1. The normalized spacial score (nSPS) is 20.7. The molecule has 0 aliphatic carbocycles. The van der Waals surface area contributed by atoms with Crippen LogP contribution in [0.5, 0.6) is 0 Å². The fourth-order valence-corrected chi connectivity index (χ4v) is 4.15. The van der Waals surface area contributed by atoms with Crippen molar-refractivity contribution < 1.29 is 23.1 Å².